The summed E-state index contributed by atoms with van der Waals surface area (Å²) in [7, 11) is 0. The lowest BCUT2D eigenvalue weighted by molar-refractivity contribution is -0.298. The average molecular weight is 936 g/mol. The number of nitrogens with zero attached hydrogens (tertiary/aromatic N) is 2. The molecule has 364 valence electrons. The van der Waals surface area contributed by atoms with Crippen LogP contribution >= 0.6 is 0 Å². The highest BCUT2D eigenvalue weighted by atomic mass is 16.8. The maximum Gasteiger partial charge on any atom is 0.327 e. The number of aliphatic hydroxyl groups excluding tert-OH is 5. The van der Waals surface area contributed by atoms with Crippen molar-refractivity contribution in [3.8, 4) is 0 Å². The fourth-order valence-corrected chi connectivity index (χ4v) is 11.0. The van der Waals surface area contributed by atoms with E-state index in [0.29, 0.717) is 25.7 Å². The molecule has 2 aromatic carbocycles. The minimum absolute atomic E-state index is 0.0322. The van der Waals surface area contributed by atoms with E-state index in [1.165, 1.54) is 9.96 Å². The molecule has 7 aliphatic rings. The number of hydrogen-bond acceptors (Lipinski definition) is 17. The third kappa shape index (κ3) is 9.16. The maximum absolute atomic E-state index is 15.6. The zero-order valence-electron chi connectivity index (χ0n) is 37.8. The lowest BCUT2D eigenvalue weighted by Crippen LogP contribution is -2.70. The number of carbonyl (C=O) groups excluding carboxylic acids is 4. The van der Waals surface area contributed by atoms with Crippen molar-refractivity contribution < 1.29 is 78.0 Å². The molecule has 2 aliphatic carbocycles. The lowest BCUT2D eigenvalue weighted by Gasteiger charge is -2.50. The van der Waals surface area contributed by atoms with Crippen molar-refractivity contribution in [1.82, 2.24) is 15.3 Å². The normalized spacial score (nSPS) is 34.5. The average Bonchev–Trinajstić information content (AvgIpc) is 4.09. The first-order chi connectivity index (χ1) is 32.0. The summed E-state index contributed by atoms with van der Waals surface area (Å²) in [5.41, 5.74) is 1.36. The molecule has 9 rings (SSSR count). The van der Waals surface area contributed by atoms with Crippen LogP contribution in [0.15, 0.2) is 54.6 Å². The Labute approximate surface area is 387 Å². The van der Waals surface area contributed by atoms with Gasteiger partial charge in [0.2, 0.25) is 11.8 Å². The highest BCUT2D eigenvalue weighted by molar-refractivity contribution is 5.96. The zero-order valence-corrected chi connectivity index (χ0v) is 37.8. The fourth-order valence-electron chi connectivity index (χ4n) is 11.0. The van der Waals surface area contributed by atoms with Crippen molar-refractivity contribution in [2.45, 2.75) is 157 Å². The molecule has 19 heteroatoms. The molecule has 5 saturated heterocycles. The molecular formula is C48H61N3O16. The van der Waals surface area contributed by atoms with Gasteiger partial charge in [-0.05, 0) is 62.3 Å². The maximum atomic E-state index is 15.6. The Morgan fingerprint density at radius 3 is 2.45 bits per heavy atom. The Hall–Kier alpha value is -4.38. The van der Waals surface area contributed by atoms with E-state index >= 15 is 4.79 Å². The van der Waals surface area contributed by atoms with Gasteiger partial charge < -0.3 is 64.2 Å². The van der Waals surface area contributed by atoms with Crippen LogP contribution in [-0.2, 0) is 71.8 Å². The third-order valence-corrected chi connectivity index (χ3v) is 14.0. The first kappa shape index (κ1) is 47.7. The molecule has 1 spiro atoms. The Morgan fingerprint density at radius 1 is 0.985 bits per heavy atom. The van der Waals surface area contributed by atoms with Crippen LogP contribution in [0, 0.1) is 5.41 Å². The monoisotopic (exact) mass is 935 g/mol. The summed E-state index contributed by atoms with van der Waals surface area (Å²) in [6, 6.07) is 12.4. The van der Waals surface area contributed by atoms with Gasteiger partial charge in [-0.25, -0.2) is 0 Å². The van der Waals surface area contributed by atoms with Gasteiger partial charge in [0.25, 0.3) is 0 Å². The number of hydrogen-bond donors (Lipinski definition) is 6. The minimum atomic E-state index is -1.57. The molecule has 0 radical (unpaired) electrons. The molecule has 6 fully saturated rings. The van der Waals surface area contributed by atoms with Gasteiger partial charge in [0.05, 0.1) is 32.4 Å². The Morgan fingerprint density at radius 2 is 1.73 bits per heavy atom. The van der Waals surface area contributed by atoms with Crippen molar-refractivity contribution >= 4 is 29.8 Å². The summed E-state index contributed by atoms with van der Waals surface area (Å²) in [6.07, 6.45) is -5.09. The topological polar surface area (TPSA) is 253 Å². The van der Waals surface area contributed by atoms with Gasteiger partial charge in [-0.1, -0.05) is 60.7 Å². The number of nitrogens with one attached hydrogen (secondary N) is 1. The second kappa shape index (κ2) is 18.8. The quantitative estimate of drug-likeness (QED) is 0.138. The molecule has 1 saturated carbocycles. The van der Waals surface area contributed by atoms with Gasteiger partial charge >= 0.3 is 11.9 Å². The second-order valence-corrected chi connectivity index (χ2v) is 19.8. The van der Waals surface area contributed by atoms with Crippen LogP contribution in [0.4, 0.5) is 0 Å². The van der Waals surface area contributed by atoms with E-state index in [2.05, 4.69) is 5.32 Å². The first-order valence-electron chi connectivity index (χ1n) is 23.2. The number of likely N-dealkylation sites (tertiary alicyclic amines) is 1. The van der Waals surface area contributed by atoms with E-state index < -0.39 is 127 Å². The molecule has 2 aromatic rings. The smallest absolute Gasteiger partial charge is 0.327 e. The van der Waals surface area contributed by atoms with Gasteiger partial charge in [0, 0.05) is 32.2 Å². The fraction of sp³-hybridized carbons (Fsp3) is 0.625. The molecule has 5 aliphatic heterocycles. The van der Waals surface area contributed by atoms with Crippen LogP contribution in [0.25, 0.3) is 6.08 Å². The standard InChI is InChI=1S/C48H61N3O16/c1-46(2,3)64-34(54)16-15-30(24-52)49-42(58)31-14-7-17-50(31)45(60)48-22-32-38-39(66-47(65-38)20-28-12-4-5-13-29(28)21-47)41(48)67-51(40(48)43(59)62-32)23-27-10-6-9-26(19-27)11-8-18-61-44-37(57)36(56)35(55)33(25-53)63-44/h4-6,8-13,19,30-33,35-41,44,52-53,55-57H,7,14-18,20-25H2,1-3H3,(H,49,58). The molecule has 67 heavy (non-hydrogen) atoms. The van der Waals surface area contributed by atoms with Crippen molar-refractivity contribution in [2.75, 3.05) is 26.4 Å². The SMILES string of the molecule is CC(C)(C)OC(=O)CCC(CO)NC(=O)C1CCCN1C(=O)C12CC3OC(=O)C1N(Cc1cccc(C=CCOC4OC(CO)C(O)C(O)C4O)c1)OC2C1OC2(Cc4ccccc4C2)OC31. The summed E-state index contributed by atoms with van der Waals surface area (Å²) in [5.74, 6) is -3.11. The minimum Gasteiger partial charge on any atom is -0.460 e. The van der Waals surface area contributed by atoms with E-state index in [0.717, 1.165) is 22.3 Å². The Bertz CT molecular complexity index is 2190. The van der Waals surface area contributed by atoms with Crippen LogP contribution in [-0.4, -0.2) is 170 Å². The van der Waals surface area contributed by atoms with Gasteiger partial charge in [-0.2, -0.15) is 5.06 Å². The van der Waals surface area contributed by atoms with Crippen LogP contribution in [0.5, 0.6) is 0 Å². The summed E-state index contributed by atoms with van der Waals surface area (Å²) in [6.45, 7) is 4.49. The number of ether oxygens (including phenoxy) is 6. The highest BCUT2D eigenvalue weighted by Gasteiger charge is 2.77. The molecule has 2 bridgehead atoms. The summed E-state index contributed by atoms with van der Waals surface area (Å²) in [5, 5.41) is 54.6. The van der Waals surface area contributed by atoms with E-state index in [1.807, 2.05) is 48.5 Å². The molecule has 5 heterocycles. The number of benzene rings is 2. The first-order valence-corrected chi connectivity index (χ1v) is 23.2. The molecule has 0 aromatic heterocycles. The number of fused-ring (bicyclic) bond motifs is 5. The van der Waals surface area contributed by atoms with Crippen LogP contribution in [0.3, 0.4) is 0 Å². The summed E-state index contributed by atoms with van der Waals surface area (Å²) < 4.78 is 36.4. The highest BCUT2D eigenvalue weighted by Crippen LogP contribution is 2.59. The van der Waals surface area contributed by atoms with Gasteiger partial charge in [-0.15, -0.1) is 0 Å². The van der Waals surface area contributed by atoms with Gasteiger partial charge in [0.1, 0.15) is 65.9 Å². The zero-order chi connectivity index (χ0) is 47.4. The van der Waals surface area contributed by atoms with E-state index in [4.69, 9.17) is 33.3 Å². The van der Waals surface area contributed by atoms with E-state index in [-0.39, 0.29) is 39.0 Å². The number of hydroxylamine groups is 2. The Kier molecular flexibility index (Phi) is 13.4. The molecule has 13 unspecified atom stereocenters. The van der Waals surface area contributed by atoms with Gasteiger partial charge in [0.15, 0.2) is 18.1 Å². The summed E-state index contributed by atoms with van der Waals surface area (Å²) >= 11 is 0. The Balaban J connectivity index is 0.955. The van der Waals surface area contributed by atoms with Gasteiger partial charge in [-0.3, -0.25) is 24.0 Å². The van der Waals surface area contributed by atoms with Crippen LogP contribution < -0.4 is 5.32 Å². The number of aliphatic hydroxyl groups is 5. The predicted octanol–water partition coefficient (Wildman–Crippen LogP) is 0.185. The largest absolute Gasteiger partial charge is 0.460 e. The molecule has 13 atom stereocenters. The molecular weight excluding hydrogens is 875 g/mol. The summed E-state index contributed by atoms with van der Waals surface area (Å²) in [4.78, 5) is 65.0. The molecule has 19 nitrogen and oxygen atoms in total. The number of carbonyl (C=O) groups is 4. The van der Waals surface area contributed by atoms with Crippen molar-refractivity contribution in [2.24, 2.45) is 5.41 Å². The molecule has 6 N–H and O–H groups in total. The number of amides is 2. The van der Waals surface area contributed by atoms with Crippen molar-refractivity contribution in [3.63, 3.8) is 0 Å². The van der Waals surface area contributed by atoms with Crippen molar-refractivity contribution in [3.05, 3.63) is 76.9 Å². The van der Waals surface area contributed by atoms with Crippen molar-refractivity contribution in [1.29, 1.82) is 0 Å². The lowest BCUT2D eigenvalue weighted by atomic mass is 9.62. The molecule has 2 amide bonds. The second-order valence-electron chi connectivity index (χ2n) is 19.8. The van der Waals surface area contributed by atoms with E-state index in [1.54, 1.807) is 32.9 Å². The predicted molar refractivity (Wildman–Crippen MR) is 231 cm³/mol. The van der Waals surface area contributed by atoms with Crippen LogP contribution in [0.1, 0.15) is 75.1 Å². The number of esters is 2. The van der Waals surface area contributed by atoms with Crippen LogP contribution in [0.2, 0.25) is 0 Å². The third-order valence-electron chi connectivity index (χ3n) is 14.0. The van der Waals surface area contributed by atoms with E-state index in [9.17, 15) is 39.9 Å². The number of rotatable bonds is 14.